The standard InChI is InChI=1S/C34H46N4O6/c1-20(2)16-27(32(42)37(8)28(29(35)39)19-23-12-10-9-11-13-23)36-26(33(43)44-34(5,6)7)14-15-38-30(40)24-17-21(3)22(4)18-25(24)31(38)41/h9-13,17-18,20,26-28,36H,14-16,19H2,1-8H3,(H2,35,39)/t26-,27+,28+/m1/s1. The van der Waals surface area contributed by atoms with Crippen molar-refractivity contribution in [1.29, 1.82) is 0 Å². The van der Waals surface area contributed by atoms with Gasteiger partial charge in [0.25, 0.3) is 11.8 Å². The highest BCUT2D eigenvalue weighted by molar-refractivity contribution is 6.21. The predicted octanol–water partition coefficient (Wildman–Crippen LogP) is 3.56. The lowest BCUT2D eigenvalue weighted by Gasteiger charge is -2.33. The fourth-order valence-electron chi connectivity index (χ4n) is 5.28. The van der Waals surface area contributed by atoms with Gasteiger partial charge in [-0.15, -0.1) is 0 Å². The van der Waals surface area contributed by atoms with Crippen LogP contribution in [0.25, 0.3) is 0 Å². The second-order valence-corrected chi connectivity index (χ2v) is 13.0. The number of aryl methyl sites for hydroxylation is 2. The van der Waals surface area contributed by atoms with Gasteiger partial charge in [0.2, 0.25) is 11.8 Å². The molecule has 0 fully saturated rings. The molecule has 3 rings (SSSR count). The summed E-state index contributed by atoms with van der Waals surface area (Å²) in [5.74, 6) is -2.45. The maximum Gasteiger partial charge on any atom is 0.323 e. The average Bonchev–Trinajstić information content (AvgIpc) is 3.15. The van der Waals surface area contributed by atoms with E-state index in [4.69, 9.17) is 10.5 Å². The maximum absolute atomic E-state index is 13.9. The first-order valence-electron chi connectivity index (χ1n) is 15.1. The van der Waals surface area contributed by atoms with E-state index >= 15 is 0 Å². The highest BCUT2D eigenvalue weighted by Gasteiger charge is 2.39. The Labute approximate surface area is 260 Å². The van der Waals surface area contributed by atoms with Gasteiger partial charge in [-0.05, 0) is 82.2 Å². The highest BCUT2D eigenvalue weighted by Crippen LogP contribution is 2.27. The summed E-state index contributed by atoms with van der Waals surface area (Å²) in [6, 6.07) is 9.90. The number of hydrogen-bond donors (Lipinski definition) is 2. The fourth-order valence-corrected chi connectivity index (χ4v) is 5.28. The summed E-state index contributed by atoms with van der Waals surface area (Å²) < 4.78 is 5.68. The van der Waals surface area contributed by atoms with Crippen LogP contribution in [0.4, 0.5) is 0 Å². The zero-order valence-corrected chi connectivity index (χ0v) is 27.1. The van der Waals surface area contributed by atoms with Crippen LogP contribution in [-0.2, 0) is 25.5 Å². The Bertz CT molecular complexity index is 1360. The Morgan fingerprint density at radius 1 is 0.955 bits per heavy atom. The number of nitrogens with one attached hydrogen (secondary N) is 1. The molecule has 0 saturated carbocycles. The number of hydrogen-bond acceptors (Lipinski definition) is 7. The lowest BCUT2D eigenvalue weighted by atomic mass is 9.98. The minimum atomic E-state index is -1.02. The van der Waals surface area contributed by atoms with Gasteiger partial charge >= 0.3 is 5.97 Å². The number of fused-ring (bicyclic) bond motifs is 1. The largest absolute Gasteiger partial charge is 0.459 e. The van der Waals surface area contributed by atoms with Crippen molar-refractivity contribution in [2.75, 3.05) is 13.6 Å². The van der Waals surface area contributed by atoms with Gasteiger partial charge in [0, 0.05) is 20.0 Å². The molecule has 238 valence electrons. The van der Waals surface area contributed by atoms with Gasteiger partial charge in [-0.2, -0.15) is 0 Å². The fraction of sp³-hybridized carbons (Fsp3) is 0.500. The zero-order valence-electron chi connectivity index (χ0n) is 27.1. The summed E-state index contributed by atoms with van der Waals surface area (Å²) in [6.45, 7) is 12.8. The van der Waals surface area contributed by atoms with Crippen LogP contribution in [0.15, 0.2) is 42.5 Å². The number of benzene rings is 2. The quantitative estimate of drug-likeness (QED) is 0.263. The molecule has 44 heavy (non-hydrogen) atoms. The van der Waals surface area contributed by atoms with Gasteiger partial charge in [-0.3, -0.25) is 34.2 Å². The molecule has 0 aromatic heterocycles. The van der Waals surface area contributed by atoms with Crippen LogP contribution in [0.1, 0.15) is 84.9 Å². The van der Waals surface area contributed by atoms with Gasteiger partial charge in [0.15, 0.2) is 0 Å². The number of likely N-dealkylation sites (N-methyl/N-ethyl adjacent to an activating group) is 1. The van der Waals surface area contributed by atoms with Crippen LogP contribution >= 0.6 is 0 Å². The third-order valence-electron chi connectivity index (χ3n) is 7.74. The summed E-state index contributed by atoms with van der Waals surface area (Å²) in [6.07, 6.45) is 0.610. The number of esters is 1. The summed E-state index contributed by atoms with van der Waals surface area (Å²) in [5, 5.41) is 3.17. The smallest absolute Gasteiger partial charge is 0.323 e. The summed E-state index contributed by atoms with van der Waals surface area (Å²) in [5.41, 5.74) is 8.26. The molecule has 10 heteroatoms. The number of nitrogens with two attached hydrogens (primary N) is 1. The molecule has 1 heterocycles. The number of ether oxygens (including phenoxy) is 1. The van der Waals surface area contributed by atoms with E-state index in [0.29, 0.717) is 17.5 Å². The molecule has 0 unspecified atom stereocenters. The van der Waals surface area contributed by atoms with Crippen LogP contribution in [0, 0.1) is 19.8 Å². The molecule has 10 nitrogen and oxygen atoms in total. The van der Waals surface area contributed by atoms with Crippen molar-refractivity contribution >= 4 is 29.6 Å². The van der Waals surface area contributed by atoms with E-state index in [1.165, 1.54) is 11.9 Å². The Morgan fingerprint density at radius 2 is 1.50 bits per heavy atom. The van der Waals surface area contributed by atoms with Crippen molar-refractivity contribution < 1.29 is 28.7 Å². The van der Waals surface area contributed by atoms with Crippen molar-refractivity contribution in [3.63, 3.8) is 0 Å². The van der Waals surface area contributed by atoms with Gasteiger partial charge in [-0.1, -0.05) is 44.2 Å². The van der Waals surface area contributed by atoms with E-state index in [-0.39, 0.29) is 25.3 Å². The monoisotopic (exact) mass is 606 g/mol. The van der Waals surface area contributed by atoms with Crippen molar-refractivity contribution in [3.8, 4) is 0 Å². The van der Waals surface area contributed by atoms with Gasteiger partial charge in [-0.25, -0.2) is 0 Å². The van der Waals surface area contributed by atoms with Gasteiger partial charge in [0.05, 0.1) is 17.2 Å². The minimum Gasteiger partial charge on any atom is -0.459 e. The Balaban J connectivity index is 1.86. The number of rotatable bonds is 13. The number of amides is 4. The van der Waals surface area contributed by atoms with Crippen LogP contribution in [-0.4, -0.2) is 76.7 Å². The van der Waals surface area contributed by atoms with E-state index < -0.39 is 53.3 Å². The summed E-state index contributed by atoms with van der Waals surface area (Å²) in [7, 11) is 1.53. The molecule has 0 radical (unpaired) electrons. The van der Waals surface area contributed by atoms with E-state index in [2.05, 4.69) is 5.32 Å². The topological polar surface area (TPSA) is 139 Å². The molecule has 0 spiro atoms. The lowest BCUT2D eigenvalue weighted by molar-refractivity contribution is -0.158. The van der Waals surface area contributed by atoms with E-state index in [1.54, 1.807) is 32.9 Å². The van der Waals surface area contributed by atoms with Crippen molar-refractivity contribution in [2.24, 2.45) is 11.7 Å². The number of carbonyl (C=O) groups is 5. The third kappa shape index (κ3) is 8.53. The number of nitrogens with zero attached hydrogens (tertiary/aromatic N) is 2. The van der Waals surface area contributed by atoms with Crippen molar-refractivity contribution in [1.82, 2.24) is 15.1 Å². The molecule has 2 aromatic carbocycles. The third-order valence-corrected chi connectivity index (χ3v) is 7.74. The molecular formula is C34H46N4O6. The molecule has 1 aliphatic heterocycles. The summed E-state index contributed by atoms with van der Waals surface area (Å²) in [4.78, 5) is 68.7. The molecule has 0 saturated heterocycles. The number of imide groups is 1. The Kier molecular flexibility index (Phi) is 11.1. The normalized spacial score (nSPS) is 15.2. The van der Waals surface area contributed by atoms with E-state index in [1.807, 2.05) is 58.0 Å². The SMILES string of the molecule is Cc1cc2c(cc1C)C(=O)N(CC[C@@H](N[C@@H](CC(C)C)C(=O)N(C)[C@@H](Cc1ccccc1)C(N)=O)C(=O)OC(C)(C)C)C2=O. The molecule has 2 aromatic rings. The Morgan fingerprint density at radius 3 is 1.98 bits per heavy atom. The van der Waals surface area contributed by atoms with Crippen molar-refractivity contribution in [2.45, 2.75) is 91.5 Å². The Hall–Kier alpha value is -4.05. The maximum atomic E-state index is 13.9. The predicted molar refractivity (Wildman–Crippen MR) is 168 cm³/mol. The first-order chi connectivity index (χ1) is 20.5. The van der Waals surface area contributed by atoms with Gasteiger partial charge < -0.3 is 15.4 Å². The minimum absolute atomic E-state index is 0.0210. The molecule has 4 amide bonds. The number of primary amides is 1. The highest BCUT2D eigenvalue weighted by atomic mass is 16.6. The second kappa shape index (κ2) is 14.2. The molecule has 1 aliphatic rings. The van der Waals surface area contributed by atoms with E-state index in [0.717, 1.165) is 21.6 Å². The first kappa shape index (κ1) is 34.4. The summed E-state index contributed by atoms with van der Waals surface area (Å²) >= 11 is 0. The molecule has 0 bridgehead atoms. The van der Waals surface area contributed by atoms with Gasteiger partial charge in [0.1, 0.15) is 17.7 Å². The van der Waals surface area contributed by atoms with Crippen LogP contribution in [0.5, 0.6) is 0 Å². The average molecular weight is 607 g/mol. The van der Waals surface area contributed by atoms with Crippen molar-refractivity contribution in [3.05, 3.63) is 70.3 Å². The second-order valence-electron chi connectivity index (χ2n) is 13.0. The van der Waals surface area contributed by atoms with Crippen LogP contribution < -0.4 is 11.1 Å². The molecule has 3 atom stereocenters. The molecule has 0 aliphatic carbocycles. The lowest BCUT2D eigenvalue weighted by Crippen LogP contribution is -2.57. The molecular weight excluding hydrogens is 560 g/mol. The van der Waals surface area contributed by atoms with E-state index in [9.17, 15) is 24.0 Å². The van der Waals surface area contributed by atoms with Crippen LogP contribution in [0.2, 0.25) is 0 Å². The number of carbonyl (C=O) groups excluding carboxylic acids is 5. The first-order valence-corrected chi connectivity index (χ1v) is 15.1. The zero-order chi connectivity index (χ0) is 32.9. The van der Waals surface area contributed by atoms with Crippen LogP contribution in [0.3, 0.4) is 0 Å². The molecule has 3 N–H and O–H groups in total.